The molecule has 1 heterocycles. The zero-order valence-electron chi connectivity index (χ0n) is 7.67. The molecule has 0 bridgehead atoms. The Labute approximate surface area is 80.9 Å². The van der Waals surface area contributed by atoms with Crippen molar-refractivity contribution < 1.29 is 10.0 Å². The summed E-state index contributed by atoms with van der Waals surface area (Å²) in [7, 11) is 0. The van der Waals surface area contributed by atoms with Gasteiger partial charge in [0.05, 0.1) is 17.2 Å². The van der Waals surface area contributed by atoms with Crippen LogP contribution in [-0.2, 0) is 0 Å². The highest BCUT2D eigenvalue weighted by molar-refractivity contribution is 5.49. The second kappa shape index (κ2) is 4.48. The lowest BCUT2D eigenvalue weighted by molar-refractivity contribution is -0.385. The highest BCUT2D eigenvalue weighted by Crippen LogP contribution is 2.16. The van der Waals surface area contributed by atoms with Crippen molar-refractivity contribution in [2.45, 2.75) is 6.92 Å². The molecule has 0 aromatic carbocycles. The molecule has 0 amide bonds. The Balaban J connectivity index is 3.00. The Morgan fingerprint density at radius 3 is 2.93 bits per heavy atom. The first-order valence-electron chi connectivity index (χ1n) is 4.03. The van der Waals surface area contributed by atoms with Gasteiger partial charge < -0.3 is 5.11 Å². The minimum absolute atomic E-state index is 0.00569. The van der Waals surface area contributed by atoms with Crippen molar-refractivity contribution in [3.05, 3.63) is 39.7 Å². The van der Waals surface area contributed by atoms with Gasteiger partial charge in [0.2, 0.25) is 0 Å². The van der Waals surface area contributed by atoms with E-state index in [1.54, 1.807) is 19.1 Å². The predicted octanol–water partition coefficient (Wildman–Crippen LogP) is 1.30. The van der Waals surface area contributed by atoms with Gasteiger partial charge in [0, 0.05) is 5.56 Å². The Bertz CT molecular complexity index is 374. The number of aromatic nitrogens is 1. The molecule has 5 nitrogen and oxygen atoms in total. The summed E-state index contributed by atoms with van der Waals surface area (Å²) in [5.74, 6) is 0. The molecule has 0 saturated heterocycles. The van der Waals surface area contributed by atoms with Crippen LogP contribution in [0.3, 0.4) is 0 Å². The van der Waals surface area contributed by atoms with Gasteiger partial charge in [-0.05, 0) is 19.1 Å². The van der Waals surface area contributed by atoms with Gasteiger partial charge in [-0.1, -0.05) is 6.08 Å². The fraction of sp³-hybridized carbons (Fsp3) is 0.222. The summed E-state index contributed by atoms with van der Waals surface area (Å²) in [5, 5.41) is 19.0. The van der Waals surface area contributed by atoms with Crippen molar-refractivity contribution in [3.8, 4) is 0 Å². The molecule has 74 valence electrons. The van der Waals surface area contributed by atoms with E-state index in [1.807, 2.05) is 0 Å². The number of pyridine rings is 1. The van der Waals surface area contributed by atoms with Crippen LogP contribution in [0.1, 0.15) is 11.3 Å². The number of aliphatic hydroxyl groups is 1. The first-order valence-corrected chi connectivity index (χ1v) is 4.03. The summed E-state index contributed by atoms with van der Waals surface area (Å²) in [6.07, 6.45) is 4.34. The van der Waals surface area contributed by atoms with Crippen molar-refractivity contribution in [2.75, 3.05) is 6.61 Å². The van der Waals surface area contributed by atoms with Gasteiger partial charge in [-0.2, -0.15) is 0 Å². The van der Waals surface area contributed by atoms with Crippen LogP contribution in [0.15, 0.2) is 18.3 Å². The molecule has 0 aliphatic carbocycles. The monoisotopic (exact) mass is 194 g/mol. The van der Waals surface area contributed by atoms with E-state index in [-0.39, 0.29) is 12.3 Å². The molecule has 5 heteroatoms. The number of hydrogen-bond acceptors (Lipinski definition) is 4. The molecular weight excluding hydrogens is 184 g/mol. The normalized spacial score (nSPS) is 10.7. The van der Waals surface area contributed by atoms with Crippen LogP contribution in [-0.4, -0.2) is 21.6 Å². The molecule has 0 radical (unpaired) electrons. The second-order valence-electron chi connectivity index (χ2n) is 2.74. The van der Waals surface area contributed by atoms with Crippen LogP contribution in [0.5, 0.6) is 0 Å². The lowest BCUT2D eigenvalue weighted by atomic mass is 10.2. The highest BCUT2D eigenvalue weighted by atomic mass is 16.6. The first kappa shape index (κ1) is 10.3. The van der Waals surface area contributed by atoms with Gasteiger partial charge in [0.25, 0.3) is 5.69 Å². The summed E-state index contributed by atoms with van der Waals surface area (Å²) >= 11 is 0. The maximum atomic E-state index is 10.5. The van der Waals surface area contributed by atoms with Crippen molar-refractivity contribution >= 4 is 11.8 Å². The zero-order valence-corrected chi connectivity index (χ0v) is 7.67. The average Bonchev–Trinajstić information content (AvgIpc) is 2.14. The van der Waals surface area contributed by atoms with Gasteiger partial charge in [0.1, 0.15) is 6.20 Å². The van der Waals surface area contributed by atoms with Crippen molar-refractivity contribution in [1.82, 2.24) is 4.98 Å². The van der Waals surface area contributed by atoms with E-state index in [0.717, 1.165) is 0 Å². The second-order valence-corrected chi connectivity index (χ2v) is 2.74. The quantitative estimate of drug-likeness (QED) is 0.581. The Morgan fingerprint density at radius 1 is 1.71 bits per heavy atom. The molecule has 1 aromatic rings. The summed E-state index contributed by atoms with van der Waals surface area (Å²) < 4.78 is 0. The maximum absolute atomic E-state index is 10.5. The predicted molar refractivity (Wildman–Crippen MR) is 51.7 cm³/mol. The van der Waals surface area contributed by atoms with E-state index >= 15 is 0 Å². The van der Waals surface area contributed by atoms with Crippen molar-refractivity contribution in [2.24, 2.45) is 0 Å². The number of aliphatic hydroxyl groups excluding tert-OH is 1. The molecule has 0 atom stereocenters. The van der Waals surface area contributed by atoms with Crippen LogP contribution in [0.25, 0.3) is 6.08 Å². The molecule has 1 rings (SSSR count). The number of hydrogen-bond donors (Lipinski definition) is 1. The Kier molecular flexibility index (Phi) is 3.30. The Hall–Kier alpha value is -1.75. The van der Waals surface area contributed by atoms with Gasteiger partial charge in [-0.3, -0.25) is 10.1 Å². The van der Waals surface area contributed by atoms with E-state index < -0.39 is 4.92 Å². The summed E-state index contributed by atoms with van der Waals surface area (Å²) in [5.41, 5.74) is 1.16. The van der Waals surface area contributed by atoms with Crippen LogP contribution >= 0.6 is 0 Å². The highest BCUT2D eigenvalue weighted by Gasteiger charge is 2.09. The minimum atomic E-state index is -0.470. The minimum Gasteiger partial charge on any atom is -0.392 e. The van der Waals surface area contributed by atoms with Crippen LogP contribution in [0, 0.1) is 17.0 Å². The fourth-order valence-electron chi connectivity index (χ4n) is 1.03. The zero-order chi connectivity index (χ0) is 10.6. The smallest absolute Gasteiger partial charge is 0.290 e. The van der Waals surface area contributed by atoms with Gasteiger partial charge in [-0.15, -0.1) is 0 Å². The molecular formula is C9H10N2O3. The SMILES string of the molecule is Cc1cc(C=CCO)ncc1[N+](=O)[O-]. The lowest BCUT2D eigenvalue weighted by Crippen LogP contribution is -1.94. The molecule has 1 aromatic heterocycles. The Morgan fingerprint density at radius 2 is 2.43 bits per heavy atom. The molecule has 0 spiro atoms. The molecule has 1 N–H and O–H groups in total. The molecule has 0 aliphatic rings. The molecule has 14 heavy (non-hydrogen) atoms. The average molecular weight is 194 g/mol. The van der Waals surface area contributed by atoms with Crippen molar-refractivity contribution in [3.63, 3.8) is 0 Å². The van der Waals surface area contributed by atoms with E-state index in [0.29, 0.717) is 11.3 Å². The topological polar surface area (TPSA) is 76.3 Å². The largest absolute Gasteiger partial charge is 0.392 e. The maximum Gasteiger partial charge on any atom is 0.290 e. The van der Waals surface area contributed by atoms with Crippen LogP contribution in [0.2, 0.25) is 0 Å². The number of aryl methyl sites for hydroxylation is 1. The molecule has 0 aliphatic heterocycles. The summed E-state index contributed by atoms with van der Waals surface area (Å²) in [4.78, 5) is 13.8. The standard InChI is InChI=1S/C9H10N2O3/c1-7-5-8(3-2-4-12)10-6-9(7)11(13)14/h2-3,5-6,12H,4H2,1H3. The van der Waals surface area contributed by atoms with Crippen molar-refractivity contribution in [1.29, 1.82) is 0 Å². The third kappa shape index (κ3) is 2.37. The van der Waals surface area contributed by atoms with E-state index in [9.17, 15) is 10.1 Å². The van der Waals surface area contributed by atoms with E-state index in [4.69, 9.17) is 5.11 Å². The van der Waals surface area contributed by atoms with Gasteiger partial charge in [0.15, 0.2) is 0 Å². The van der Waals surface area contributed by atoms with Crippen LogP contribution in [0.4, 0.5) is 5.69 Å². The van der Waals surface area contributed by atoms with E-state index in [2.05, 4.69) is 4.98 Å². The number of nitro groups is 1. The third-order valence-corrected chi connectivity index (χ3v) is 1.70. The molecule has 0 fully saturated rings. The third-order valence-electron chi connectivity index (χ3n) is 1.70. The summed E-state index contributed by atoms with van der Waals surface area (Å²) in [6, 6.07) is 1.60. The fourth-order valence-corrected chi connectivity index (χ4v) is 1.03. The molecule has 0 saturated carbocycles. The molecule has 0 unspecified atom stereocenters. The van der Waals surface area contributed by atoms with E-state index in [1.165, 1.54) is 12.3 Å². The first-order chi connectivity index (χ1) is 6.65. The van der Waals surface area contributed by atoms with Crippen LogP contribution < -0.4 is 0 Å². The van der Waals surface area contributed by atoms with Gasteiger partial charge in [-0.25, -0.2) is 4.98 Å². The summed E-state index contributed by atoms with van der Waals surface area (Å²) in [6.45, 7) is 1.58. The van der Waals surface area contributed by atoms with Gasteiger partial charge >= 0.3 is 0 Å². The lowest BCUT2D eigenvalue weighted by Gasteiger charge is -1.97. The number of rotatable bonds is 3. The number of nitrogens with zero attached hydrogens (tertiary/aromatic N) is 2.